The van der Waals surface area contributed by atoms with Crippen LogP contribution in [0.15, 0.2) is 72.8 Å². The molecule has 4 aromatic rings. The molecule has 0 saturated carbocycles. The summed E-state index contributed by atoms with van der Waals surface area (Å²) in [4.78, 5) is 15.4. The fraction of sp³-hybridized carbons (Fsp3) is 0.241. The topological polar surface area (TPSA) is 61.0 Å². The SMILES string of the molecule is CC(C)C1CNCCN1C(=O)c1ccc2[nH]nc(C#Cc3ccccc3-c3ccccc3)c2c1. The minimum atomic E-state index is 0.0663. The predicted octanol–water partition coefficient (Wildman–Crippen LogP) is 4.70. The highest BCUT2D eigenvalue weighted by molar-refractivity contribution is 5.99. The number of aromatic amines is 1. The molecular weight excluding hydrogens is 420 g/mol. The molecule has 1 amide bonds. The van der Waals surface area contributed by atoms with Gasteiger partial charge in [-0.05, 0) is 47.2 Å². The average Bonchev–Trinajstić information content (AvgIpc) is 3.30. The number of nitrogens with one attached hydrogen (secondary N) is 2. The van der Waals surface area contributed by atoms with Crippen LogP contribution >= 0.6 is 0 Å². The number of hydrogen-bond donors (Lipinski definition) is 2. The number of hydrogen-bond acceptors (Lipinski definition) is 3. The average molecular weight is 449 g/mol. The van der Waals surface area contributed by atoms with Gasteiger partial charge in [0.1, 0.15) is 5.69 Å². The molecule has 1 aliphatic rings. The van der Waals surface area contributed by atoms with Gasteiger partial charge in [-0.1, -0.05) is 68.3 Å². The van der Waals surface area contributed by atoms with Crippen molar-refractivity contribution in [3.8, 4) is 23.0 Å². The molecule has 34 heavy (non-hydrogen) atoms. The molecule has 1 fully saturated rings. The van der Waals surface area contributed by atoms with Gasteiger partial charge in [-0.3, -0.25) is 9.89 Å². The molecule has 1 aromatic heterocycles. The fourth-order valence-corrected chi connectivity index (χ4v) is 4.57. The zero-order chi connectivity index (χ0) is 23.5. The number of amides is 1. The van der Waals surface area contributed by atoms with Gasteiger partial charge >= 0.3 is 0 Å². The van der Waals surface area contributed by atoms with Crippen molar-refractivity contribution in [2.24, 2.45) is 5.92 Å². The fourth-order valence-electron chi connectivity index (χ4n) is 4.57. The maximum Gasteiger partial charge on any atom is 0.254 e. The van der Waals surface area contributed by atoms with E-state index in [1.54, 1.807) is 0 Å². The molecule has 1 unspecified atom stereocenters. The van der Waals surface area contributed by atoms with Crippen LogP contribution in [-0.4, -0.2) is 46.7 Å². The van der Waals surface area contributed by atoms with E-state index in [1.165, 1.54) is 0 Å². The third-order valence-corrected chi connectivity index (χ3v) is 6.45. The van der Waals surface area contributed by atoms with E-state index in [2.05, 4.69) is 59.4 Å². The van der Waals surface area contributed by atoms with Crippen LogP contribution in [0.3, 0.4) is 0 Å². The number of carbonyl (C=O) groups excluding carboxylic acids is 1. The summed E-state index contributed by atoms with van der Waals surface area (Å²) in [6.07, 6.45) is 0. The van der Waals surface area contributed by atoms with Crippen LogP contribution in [0.25, 0.3) is 22.0 Å². The Kier molecular flexibility index (Phi) is 6.16. The largest absolute Gasteiger partial charge is 0.333 e. The number of aromatic nitrogens is 2. The van der Waals surface area contributed by atoms with Crippen LogP contribution in [-0.2, 0) is 0 Å². The van der Waals surface area contributed by atoms with Crippen molar-refractivity contribution in [2.45, 2.75) is 19.9 Å². The Morgan fingerprint density at radius 1 is 1.03 bits per heavy atom. The second kappa shape index (κ2) is 9.54. The summed E-state index contributed by atoms with van der Waals surface area (Å²) in [5.74, 6) is 7.00. The van der Waals surface area contributed by atoms with E-state index in [0.29, 0.717) is 23.7 Å². The molecule has 170 valence electrons. The molecule has 2 N–H and O–H groups in total. The standard InChI is InChI=1S/C29H28N4O/c1-20(2)28-19-30-16-17-33(28)29(34)23-13-15-27-25(18-23)26(31-32-27)14-12-22-10-6-7-11-24(22)21-8-4-3-5-9-21/h3-11,13,15,18,20,28,30H,16-17,19H2,1-2H3,(H,31,32). The van der Waals surface area contributed by atoms with Crippen LogP contribution < -0.4 is 5.32 Å². The number of fused-ring (bicyclic) bond motifs is 1. The quantitative estimate of drug-likeness (QED) is 0.447. The monoisotopic (exact) mass is 448 g/mol. The molecule has 0 radical (unpaired) electrons. The lowest BCUT2D eigenvalue weighted by Gasteiger charge is -2.38. The van der Waals surface area contributed by atoms with Crippen LogP contribution in [0.2, 0.25) is 0 Å². The summed E-state index contributed by atoms with van der Waals surface area (Å²) in [6.45, 7) is 6.69. The summed E-state index contributed by atoms with van der Waals surface area (Å²) < 4.78 is 0. The maximum absolute atomic E-state index is 13.4. The molecule has 5 heteroatoms. The minimum absolute atomic E-state index is 0.0663. The molecule has 1 aliphatic heterocycles. The van der Waals surface area contributed by atoms with Gasteiger partial charge in [0, 0.05) is 42.2 Å². The first kappa shape index (κ1) is 21.9. The predicted molar refractivity (Wildman–Crippen MR) is 136 cm³/mol. The minimum Gasteiger partial charge on any atom is -0.333 e. The number of carbonyl (C=O) groups is 1. The first-order valence-corrected chi connectivity index (χ1v) is 11.8. The lowest BCUT2D eigenvalue weighted by Crippen LogP contribution is -2.55. The number of benzene rings is 3. The van der Waals surface area contributed by atoms with Gasteiger partial charge in [-0.15, -0.1) is 0 Å². The summed E-state index contributed by atoms with van der Waals surface area (Å²) in [5, 5.41) is 11.8. The molecule has 1 atom stereocenters. The molecule has 0 bridgehead atoms. The Morgan fingerprint density at radius 3 is 2.65 bits per heavy atom. The highest BCUT2D eigenvalue weighted by Crippen LogP contribution is 2.24. The van der Waals surface area contributed by atoms with E-state index in [9.17, 15) is 4.79 Å². The normalized spacial score (nSPS) is 15.9. The Bertz CT molecular complexity index is 1380. The van der Waals surface area contributed by atoms with Crippen LogP contribution in [0.1, 0.15) is 35.5 Å². The van der Waals surface area contributed by atoms with Crippen molar-refractivity contribution in [3.05, 3.63) is 89.6 Å². The molecule has 0 aliphatic carbocycles. The van der Waals surface area contributed by atoms with Crippen molar-refractivity contribution < 1.29 is 4.79 Å². The third-order valence-electron chi connectivity index (χ3n) is 6.45. The van der Waals surface area contributed by atoms with E-state index in [4.69, 9.17) is 0 Å². The summed E-state index contributed by atoms with van der Waals surface area (Å²) >= 11 is 0. The Balaban J connectivity index is 1.48. The number of piperazine rings is 1. The first-order valence-electron chi connectivity index (χ1n) is 11.8. The number of rotatable bonds is 3. The highest BCUT2D eigenvalue weighted by Gasteiger charge is 2.29. The lowest BCUT2D eigenvalue weighted by molar-refractivity contribution is 0.0573. The second-order valence-electron chi connectivity index (χ2n) is 9.01. The molecule has 0 spiro atoms. The molecule has 5 nitrogen and oxygen atoms in total. The van der Waals surface area contributed by atoms with Crippen molar-refractivity contribution in [2.75, 3.05) is 19.6 Å². The van der Waals surface area contributed by atoms with Gasteiger partial charge < -0.3 is 10.2 Å². The van der Waals surface area contributed by atoms with E-state index < -0.39 is 0 Å². The van der Waals surface area contributed by atoms with Crippen molar-refractivity contribution in [1.82, 2.24) is 20.4 Å². The van der Waals surface area contributed by atoms with Crippen molar-refractivity contribution in [3.63, 3.8) is 0 Å². The smallest absolute Gasteiger partial charge is 0.254 e. The summed E-state index contributed by atoms with van der Waals surface area (Å²) in [7, 11) is 0. The zero-order valence-electron chi connectivity index (χ0n) is 19.5. The van der Waals surface area contributed by atoms with E-state index in [1.807, 2.05) is 59.5 Å². The van der Waals surface area contributed by atoms with E-state index >= 15 is 0 Å². The van der Waals surface area contributed by atoms with Crippen LogP contribution in [0.5, 0.6) is 0 Å². The lowest BCUT2D eigenvalue weighted by atomic mass is 9.99. The highest BCUT2D eigenvalue weighted by atomic mass is 16.2. The molecule has 3 aromatic carbocycles. The molecule has 5 rings (SSSR count). The third kappa shape index (κ3) is 4.33. The van der Waals surface area contributed by atoms with Gasteiger partial charge in [0.15, 0.2) is 0 Å². The second-order valence-corrected chi connectivity index (χ2v) is 9.01. The van der Waals surface area contributed by atoms with E-state index in [0.717, 1.165) is 40.7 Å². The van der Waals surface area contributed by atoms with Gasteiger partial charge in [-0.25, -0.2) is 0 Å². The molecule has 1 saturated heterocycles. The van der Waals surface area contributed by atoms with Gasteiger partial charge in [0.2, 0.25) is 0 Å². The summed E-state index contributed by atoms with van der Waals surface area (Å²) in [5.41, 5.74) is 5.35. The molecule has 2 heterocycles. The van der Waals surface area contributed by atoms with Crippen LogP contribution in [0.4, 0.5) is 0 Å². The summed E-state index contributed by atoms with van der Waals surface area (Å²) in [6, 6.07) is 24.3. The van der Waals surface area contributed by atoms with Crippen molar-refractivity contribution in [1.29, 1.82) is 0 Å². The molecular formula is C29H28N4O. The van der Waals surface area contributed by atoms with Gasteiger partial charge in [-0.2, -0.15) is 5.10 Å². The Labute approximate surface area is 200 Å². The zero-order valence-corrected chi connectivity index (χ0v) is 19.5. The number of nitrogens with zero attached hydrogens (tertiary/aromatic N) is 2. The van der Waals surface area contributed by atoms with Gasteiger partial charge in [0.05, 0.1) is 5.52 Å². The number of H-pyrrole nitrogens is 1. The van der Waals surface area contributed by atoms with E-state index in [-0.39, 0.29) is 11.9 Å². The van der Waals surface area contributed by atoms with Gasteiger partial charge in [0.25, 0.3) is 5.91 Å². The first-order chi connectivity index (χ1) is 16.6. The maximum atomic E-state index is 13.4. The van der Waals surface area contributed by atoms with Crippen LogP contribution in [0, 0.1) is 17.8 Å². The Hall–Kier alpha value is -3.88. The van der Waals surface area contributed by atoms with Crippen molar-refractivity contribution >= 4 is 16.8 Å². The Morgan fingerprint density at radius 2 is 1.82 bits per heavy atom.